The molecule has 0 unspecified atom stereocenters. The molecule has 1 saturated carbocycles. The first-order chi connectivity index (χ1) is 14.6. The van der Waals surface area contributed by atoms with Gasteiger partial charge in [0.2, 0.25) is 5.91 Å². The van der Waals surface area contributed by atoms with Crippen molar-refractivity contribution in [1.82, 2.24) is 10.3 Å². The van der Waals surface area contributed by atoms with Gasteiger partial charge in [0.1, 0.15) is 10.8 Å². The molecule has 0 atom stereocenters. The van der Waals surface area contributed by atoms with Crippen molar-refractivity contribution < 1.29 is 14.0 Å². The van der Waals surface area contributed by atoms with Crippen molar-refractivity contribution in [3.8, 4) is 10.6 Å². The Morgan fingerprint density at radius 2 is 1.90 bits per heavy atom. The van der Waals surface area contributed by atoms with E-state index in [0.29, 0.717) is 27.5 Å². The average molecular weight is 424 g/mol. The lowest BCUT2D eigenvalue weighted by Crippen LogP contribution is -2.33. The van der Waals surface area contributed by atoms with E-state index in [9.17, 15) is 14.0 Å². The van der Waals surface area contributed by atoms with Crippen molar-refractivity contribution in [2.24, 2.45) is 0 Å². The van der Waals surface area contributed by atoms with E-state index in [0.717, 1.165) is 25.7 Å². The van der Waals surface area contributed by atoms with Gasteiger partial charge in [0.25, 0.3) is 5.91 Å². The fourth-order valence-corrected chi connectivity index (χ4v) is 4.44. The van der Waals surface area contributed by atoms with Crippen LogP contribution in [0.25, 0.3) is 10.6 Å². The molecular formula is C23H22FN3O2S. The second-order valence-corrected chi connectivity index (χ2v) is 8.24. The molecule has 30 heavy (non-hydrogen) atoms. The lowest BCUT2D eigenvalue weighted by Gasteiger charge is -2.14. The van der Waals surface area contributed by atoms with Crippen molar-refractivity contribution in [2.45, 2.75) is 38.1 Å². The van der Waals surface area contributed by atoms with Crippen molar-refractivity contribution in [3.63, 3.8) is 0 Å². The minimum Gasteiger partial charge on any atom is -0.349 e. The van der Waals surface area contributed by atoms with Gasteiger partial charge in [0, 0.05) is 17.0 Å². The highest BCUT2D eigenvalue weighted by Gasteiger charge is 2.20. The zero-order valence-electron chi connectivity index (χ0n) is 16.4. The maximum Gasteiger partial charge on any atom is 0.253 e. The van der Waals surface area contributed by atoms with Crippen LogP contribution in [0.15, 0.2) is 53.9 Å². The summed E-state index contributed by atoms with van der Waals surface area (Å²) in [5.74, 6) is -0.749. The summed E-state index contributed by atoms with van der Waals surface area (Å²) >= 11 is 1.36. The van der Waals surface area contributed by atoms with Crippen LogP contribution in [0.5, 0.6) is 0 Å². The van der Waals surface area contributed by atoms with E-state index in [1.54, 1.807) is 41.8 Å². The number of nitrogens with zero attached hydrogens (tertiary/aromatic N) is 1. The van der Waals surface area contributed by atoms with Gasteiger partial charge in [-0.1, -0.05) is 37.1 Å². The van der Waals surface area contributed by atoms with E-state index in [2.05, 4.69) is 15.6 Å². The fourth-order valence-electron chi connectivity index (χ4n) is 3.62. The number of benzene rings is 2. The van der Waals surface area contributed by atoms with Gasteiger partial charge in [-0.05, 0) is 37.1 Å². The highest BCUT2D eigenvalue weighted by Crippen LogP contribution is 2.25. The minimum absolute atomic E-state index is 0.0738. The molecule has 1 heterocycles. The summed E-state index contributed by atoms with van der Waals surface area (Å²) in [5, 5.41) is 8.33. The van der Waals surface area contributed by atoms with E-state index in [1.165, 1.54) is 23.5 Å². The maximum absolute atomic E-state index is 13.4. The molecule has 1 aliphatic rings. The predicted octanol–water partition coefficient (Wildman–Crippen LogP) is 4.80. The van der Waals surface area contributed by atoms with Crippen LogP contribution in [-0.4, -0.2) is 22.8 Å². The zero-order chi connectivity index (χ0) is 20.9. The van der Waals surface area contributed by atoms with Crippen LogP contribution in [0, 0.1) is 5.82 Å². The Balaban J connectivity index is 1.41. The van der Waals surface area contributed by atoms with E-state index >= 15 is 0 Å². The molecule has 2 aromatic carbocycles. The maximum atomic E-state index is 13.4. The van der Waals surface area contributed by atoms with Gasteiger partial charge in [-0.15, -0.1) is 11.3 Å². The molecule has 0 saturated heterocycles. The minimum atomic E-state index is -0.325. The average Bonchev–Trinajstić information content (AvgIpc) is 3.40. The summed E-state index contributed by atoms with van der Waals surface area (Å²) in [5.41, 5.74) is 2.22. The first-order valence-corrected chi connectivity index (χ1v) is 10.9. The van der Waals surface area contributed by atoms with Gasteiger partial charge in [-0.3, -0.25) is 9.59 Å². The van der Waals surface area contributed by atoms with Gasteiger partial charge in [-0.2, -0.15) is 0 Å². The number of anilines is 1. The van der Waals surface area contributed by atoms with Gasteiger partial charge in [-0.25, -0.2) is 9.37 Å². The SMILES string of the molecule is O=C(Cc1csc(-c2cccc(F)c2)n1)Nc1ccccc1C(=O)NC1CCCC1. The Hall–Kier alpha value is -3.06. The molecule has 0 aliphatic heterocycles. The number of carbonyl (C=O) groups excluding carboxylic acids is 2. The largest absolute Gasteiger partial charge is 0.349 e. The molecule has 154 valence electrons. The van der Waals surface area contributed by atoms with Gasteiger partial charge in [0.15, 0.2) is 0 Å². The molecule has 7 heteroatoms. The van der Waals surface area contributed by atoms with Gasteiger partial charge in [0.05, 0.1) is 23.4 Å². The standard InChI is InChI=1S/C23H22FN3O2S/c24-16-7-5-6-15(12-16)23-26-18(14-30-23)13-21(28)27-20-11-4-3-10-19(20)22(29)25-17-8-1-2-9-17/h3-7,10-12,14,17H,1-2,8-9,13H2,(H,25,29)(H,27,28). The molecule has 5 nitrogen and oxygen atoms in total. The first-order valence-electron chi connectivity index (χ1n) is 9.98. The fraction of sp³-hybridized carbons (Fsp3) is 0.261. The van der Waals surface area contributed by atoms with Crippen molar-refractivity contribution in [1.29, 1.82) is 0 Å². The number of hydrogen-bond donors (Lipinski definition) is 2. The van der Waals surface area contributed by atoms with E-state index in [-0.39, 0.29) is 30.1 Å². The molecule has 4 rings (SSSR count). The smallest absolute Gasteiger partial charge is 0.253 e. The number of para-hydroxylation sites is 1. The number of rotatable bonds is 6. The second-order valence-electron chi connectivity index (χ2n) is 7.38. The van der Waals surface area contributed by atoms with Crippen molar-refractivity contribution in [3.05, 3.63) is 71.0 Å². The Morgan fingerprint density at radius 1 is 1.10 bits per heavy atom. The number of amides is 2. The number of carbonyl (C=O) groups is 2. The quantitative estimate of drug-likeness (QED) is 0.598. The molecule has 0 radical (unpaired) electrons. The van der Waals surface area contributed by atoms with Crippen LogP contribution in [-0.2, 0) is 11.2 Å². The number of thiazole rings is 1. The third kappa shape index (κ3) is 4.91. The lowest BCUT2D eigenvalue weighted by atomic mass is 10.1. The summed E-state index contributed by atoms with van der Waals surface area (Å²) in [6.45, 7) is 0. The van der Waals surface area contributed by atoms with Gasteiger partial charge < -0.3 is 10.6 Å². The van der Waals surface area contributed by atoms with Gasteiger partial charge >= 0.3 is 0 Å². The van der Waals surface area contributed by atoms with Crippen LogP contribution in [0.4, 0.5) is 10.1 Å². The van der Waals surface area contributed by atoms with Crippen LogP contribution in [0.2, 0.25) is 0 Å². The van der Waals surface area contributed by atoms with Crippen LogP contribution in [0.3, 0.4) is 0 Å². The first kappa shape index (κ1) is 20.2. The molecule has 2 N–H and O–H groups in total. The molecule has 3 aromatic rings. The van der Waals surface area contributed by atoms with E-state index < -0.39 is 0 Å². The summed E-state index contributed by atoms with van der Waals surface area (Å²) in [4.78, 5) is 29.6. The Bertz CT molecular complexity index is 1060. The molecule has 1 aromatic heterocycles. The van der Waals surface area contributed by atoms with Crippen molar-refractivity contribution in [2.75, 3.05) is 5.32 Å². The topological polar surface area (TPSA) is 71.1 Å². The van der Waals surface area contributed by atoms with Crippen LogP contribution < -0.4 is 10.6 Å². The summed E-state index contributed by atoms with van der Waals surface area (Å²) in [6.07, 6.45) is 4.34. The number of halogens is 1. The Morgan fingerprint density at radius 3 is 2.70 bits per heavy atom. The molecule has 1 fully saturated rings. The molecule has 2 amide bonds. The molecule has 1 aliphatic carbocycles. The number of aromatic nitrogens is 1. The number of hydrogen-bond acceptors (Lipinski definition) is 4. The molecule has 0 spiro atoms. The molecule has 0 bridgehead atoms. The predicted molar refractivity (Wildman–Crippen MR) is 116 cm³/mol. The van der Waals surface area contributed by atoms with Crippen LogP contribution in [0.1, 0.15) is 41.7 Å². The number of nitrogens with one attached hydrogen (secondary N) is 2. The van der Waals surface area contributed by atoms with Crippen molar-refractivity contribution >= 4 is 28.8 Å². The lowest BCUT2D eigenvalue weighted by molar-refractivity contribution is -0.115. The van der Waals surface area contributed by atoms with E-state index in [1.807, 2.05) is 0 Å². The zero-order valence-corrected chi connectivity index (χ0v) is 17.2. The summed E-state index contributed by atoms with van der Waals surface area (Å²) < 4.78 is 13.4. The summed E-state index contributed by atoms with van der Waals surface area (Å²) in [6, 6.07) is 13.4. The summed E-state index contributed by atoms with van der Waals surface area (Å²) in [7, 11) is 0. The highest BCUT2D eigenvalue weighted by atomic mass is 32.1. The van der Waals surface area contributed by atoms with E-state index in [4.69, 9.17) is 0 Å². The molecular weight excluding hydrogens is 401 g/mol. The van der Waals surface area contributed by atoms with Crippen LogP contribution >= 0.6 is 11.3 Å². The third-order valence-corrected chi connectivity index (χ3v) is 6.04. The Kier molecular flexibility index (Phi) is 6.18. The normalized spacial score (nSPS) is 13.9. The highest BCUT2D eigenvalue weighted by molar-refractivity contribution is 7.13. The monoisotopic (exact) mass is 423 g/mol. The second kappa shape index (κ2) is 9.17. The Labute approximate surface area is 178 Å². The third-order valence-electron chi connectivity index (χ3n) is 5.10.